The summed E-state index contributed by atoms with van der Waals surface area (Å²) in [5.41, 5.74) is -2.60. The molecule has 28 heavy (non-hydrogen) atoms. The van der Waals surface area contributed by atoms with Crippen molar-refractivity contribution in [2.75, 3.05) is 13.2 Å². The van der Waals surface area contributed by atoms with Gasteiger partial charge in [0.25, 0.3) is 0 Å². The minimum atomic E-state index is -2.29. The van der Waals surface area contributed by atoms with Gasteiger partial charge in [0.15, 0.2) is 11.9 Å². The summed E-state index contributed by atoms with van der Waals surface area (Å²) in [6.45, 7) is -1.68. The molecule has 3 aliphatic rings. The average molecular weight is 406 g/mol. The Kier molecular flexibility index (Phi) is 5.67. The summed E-state index contributed by atoms with van der Waals surface area (Å²) in [7, 11) is 0. The molecule has 158 valence electrons. The highest BCUT2D eigenvalue weighted by atomic mass is 16.8. The third kappa shape index (κ3) is 3.17. The molecule has 0 bridgehead atoms. The van der Waals surface area contributed by atoms with Gasteiger partial charge in [-0.25, -0.2) is 4.79 Å². The van der Waals surface area contributed by atoms with Gasteiger partial charge in [-0.3, -0.25) is 0 Å². The van der Waals surface area contributed by atoms with Gasteiger partial charge in [0, 0.05) is 5.92 Å². The Morgan fingerprint density at radius 3 is 2.39 bits per heavy atom. The molecule has 12 nitrogen and oxygen atoms in total. The fourth-order valence-electron chi connectivity index (χ4n) is 3.68. The highest BCUT2D eigenvalue weighted by Crippen LogP contribution is 2.48. The molecule has 0 aromatic rings. The number of aliphatic hydroxyl groups excluding tert-OH is 6. The average Bonchev–Trinajstić information content (AvgIpc) is 2.93. The molecule has 2 heterocycles. The molecule has 0 radical (unpaired) electrons. The zero-order valence-corrected chi connectivity index (χ0v) is 14.4. The fourth-order valence-corrected chi connectivity index (χ4v) is 3.68. The number of carboxylic acid groups (broad SMARTS) is 1. The maximum atomic E-state index is 11.4. The van der Waals surface area contributed by atoms with Crippen molar-refractivity contribution in [3.63, 3.8) is 0 Å². The van der Waals surface area contributed by atoms with Gasteiger partial charge in [0.2, 0.25) is 6.29 Å². The van der Waals surface area contributed by atoms with E-state index in [1.807, 2.05) is 0 Å². The first-order valence-corrected chi connectivity index (χ1v) is 8.45. The summed E-state index contributed by atoms with van der Waals surface area (Å²) in [4.78, 5) is 11.4. The number of carboxylic acids is 1. The molecule has 0 unspecified atom stereocenters. The number of carbonyl (C=O) groups is 1. The molecule has 2 aliphatic heterocycles. The Hall–Kier alpha value is -1.77. The highest BCUT2D eigenvalue weighted by Gasteiger charge is 2.59. The zero-order chi connectivity index (χ0) is 20.8. The number of aliphatic hydroxyl groups is 7. The first-order chi connectivity index (χ1) is 13.2. The second kappa shape index (κ2) is 7.57. The summed E-state index contributed by atoms with van der Waals surface area (Å²) in [5, 5.41) is 78.5. The molecule has 0 aromatic heterocycles. The lowest BCUT2D eigenvalue weighted by molar-refractivity contribution is -0.347. The number of allylic oxidation sites excluding steroid dienone is 1. The van der Waals surface area contributed by atoms with Crippen molar-refractivity contribution in [1.82, 2.24) is 0 Å². The number of rotatable bonds is 5. The Labute approximate surface area is 158 Å². The van der Waals surface area contributed by atoms with Crippen LogP contribution in [0.25, 0.3) is 0 Å². The molecule has 8 N–H and O–H groups in total. The number of hydrogen-bond donors (Lipinski definition) is 8. The van der Waals surface area contributed by atoms with E-state index in [4.69, 9.17) is 14.2 Å². The molecule has 12 heteroatoms. The molecule has 9 atom stereocenters. The predicted octanol–water partition coefficient (Wildman–Crippen LogP) is -3.46. The van der Waals surface area contributed by atoms with Crippen LogP contribution in [0.2, 0.25) is 0 Å². The summed E-state index contributed by atoms with van der Waals surface area (Å²) in [6.07, 6.45) is -7.65. The van der Waals surface area contributed by atoms with E-state index in [2.05, 4.69) is 0 Å². The van der Waals surface area contributed by atoms with Crippen LogP contribution in [-0.4, -0.2) is 103 Å². The molecular weight excluding hydrogens is 384 g/mol. The van der Waals surface area contributed by atoms with Crippen LogP contribution in [-0.2, 0) is 19.0 Å². The van der Waals surface area contributed by atoms with Crippen molar-refractivity contribution in [2.24, 2.45) is 11.8 Å². The van der Waals surface area contributed by atoms with Gasteiger partial charge < -0.3 is 55.1 Å². The Balaban J connectivity index is 1.88. The smallest absolute Gasteiger partial charge is 0.335 e. The van der Waals surface area contributed by atoms with Crippen LogP contribution < -0.4 is 0 Å². The lowest BCUT2D eigenvalue weighted by atomic mass is 9.79. The van der Waals surface area contributed by atoms with Crippen LogP contribution in [0.1, 0.15) is 0 Å². The SMILES string of the molecule is O=C(O)C1=CO[C@H](O[C@@H]2O[C@H](CO)[C@@H](O)[C@H](O)[C@H]2O)[C@H]2[C@H]1C=C(O)[C@]2(O)CO. The molecular formula is C16H22O12. The van der Waals surface area contributed by atoms with Crippen molar-refractivity contribution < 1.29 is 59.9 Å². The molecule has 0 amide bonds. The standard InChI is InChI=1S/C16H22O12/c17-2-7-10(20)11(21)12(22)15(27-7)28-14-9-5(6(3-26-14)13(23)24)1-8(19)16(9,25)4-18/h1,3,5,7,9-12,14-15,17-22,25H,2,4H2,(H,23,24)/t5-,7+,9+,10+,11-,12+,14+,15-,16+/m0/s1. The maximum absolute atomic E-state index is 11.4. The van der Waals surface area contributed by atoms with Crippen LogP contribution in [0.4, 0.5) is 0 Å². The number of ether oxygens (including phenoxy) is 3. The van der Waals surface area contributed by atoms with E-state index in [1.165, 1.54) is 0 Å². The van der Waals surface area contributed by atoms with Crippen LogP contribution >= 0.6 is 0 Å². The van der Waals surface area contributed by atoms with Crippen molar-refractivity contribution in [3.8, 4) is 0 Å². The monoisotopic (exact) mass is 406 g/mol. The molecule has 1 aliphatic carbocycles. The van der Waals surface area contributed by atoms with Crippen molar-refractivity contribution in [3.05, 3.63) is 23.7 Å². The molecule has 0 spiro atoms. The van der Waals surface area contributed by atoms with Crippen LogP contribution in [0.3, 0.4) is 0 Å². The van der Waals surface area contributed by atoms with Crippen LogP contribution in [0.15, 0.2) is 23.7 Å². The summed E-state index contributed by atoms with van der Waals surface area (Å²) < 4.78 is 15.9. The van der Waals surface area contributed by atoms with Gasteiger partial charge in [-0.05, 0) is 6.08 Å². The van der Waals surface area contributed by atoms with E-state index in [0.717, 1.165) is 12.3 Å². The summed E-state index contributed by atoms with van der Waals surface area (Å²) in [6, 6.07) is 0. The molecule has 1 saturated heterocycles. The minimum Gasteiger partial charge on any atom is -0.509 e. The molecule has 0 saturated carbocycles. The van der Waals surface area contributed by atoms with E-state index >= 15 is 0 Å². The van der Waals surface area contributed by atoms with Gasteiger partial charge in [-0.2, -0.15) is 0 Å². The number of aliphatic carboxylic acids is 1. The minimum absolute atomic E-state index is 0.311. The maximum Gasteiger partial charge on any atom is 0.335 e. The Morgan fingerprint density at radius 2 is 1.82 bits per heavy atom. The van der Waals surface area contributed by atoms with E-state index in [9.17, 15) is 45.6 Å². The van der Waals surface area contributed by atoms with Crippen molar-refractivity contribution in [1.29, 1.82) is 0 Å². The quantitative estimate of drug-likeness (QED) is 0.224. The summed E-state index contributed by atoms with van der Waals surface area (Å²) >= 11 is 0. The molecule has 0 aromatic carbocycles. The van der Waals surface area contributed by atoms with Crippen LogP contribution in [0, 0.1) is 11.8 Å². The number of fused-ring (bicyclic) bond motifs is 1. The third-order valence-electron chi connectivity index (χ3n) is 5.31. The summed E-state index contributed by atoms with van der Waals surface area (Å²) in [5.74, 6) is -4.49. The lowest BCUT2D eigenvalue weighted by Crippen LogP contribution is -2.61. The number of hydrogen-bond acceptors (Lipinski definition) is 11. The molecule has 1 fully saturated rings. The Bertz CT molecular complexity index is 675. The van der Waals surface area contributed by atoms with Crippen LogP contribution in [0.5, 0.6) is 0 Å². The molecule has 3 rings (SSSR count). The van der Waals surface area contributed by atoms with Gasteiger partial charge in [0.05, 0.1) is 31.0 Å². The third-order valence-corrected chi connectivity index (χ3v) is 5.31. The van der Waals surface area contributed by atoms with E-state index in [1.54, 1.807) is 0 Å². The largest absolute Gasteiger partial charge is 0.509 e. The predicted molar refractivity (Wildman–Crippen MR) is 85.2 cm³/mol. The van der Waals surface area contributed by atoms with Gasteiger partial charge in [-0.15, -0.1) is 0 Å². The normalized spacial score (nSPS) is 45.6. The van der Waals surface area contributed by atoms with E-state index in [0.29, 0.717) is 0 Å². The van der Waals surface area contributed by atoms with Gasteiger partial charge >= 0.3 is 5.97 Å². The Morgan fingerprint density at radius 1 is 1.14 bits per heavy atom. The van der Waals surface area contributed by atoms with E-state index < -0.39 is 79.4 Å². The van der Waals surface area contributed by atoms with Crippen molar-refractivity contribution in [2.45, 2.75) is 42.6 Å². The first-order valence-electron chi connectivity index (χ1n) is 8.45. The van der Waals surface area contributed by atoms with Gasteiger partial charge in [-0.1, -0.05) is 0 Å². The van der Waals surface area contributed by atoms with Crippen molar-refractivity contribution >= 4 is 5.97 Å². The first kappa shape index (κ1) is 21.0. The fraction of sp³-hybridized carbons (Fsp3) is 0.688. The second-order valence-electron chi connectivity index (χ2n) is 6.90. The van der Waals surface area contributed by atoms with Gasteiger partial charge in [0.1, 0.15) is 30.2 Å². The second-order valence-corrected chi connectivity index (χ2v) is 6.90. The zero-order valence-electron chi connectivity index (χ0n) is 14.4. The van der Waals surface area contributed by atoms with E-state index in [-0.39, 0.29) is 5.57 Å². The highest BCUT2D eigenvalue weighted by molar-refractivity contribution is 5.88. The lowest BCUT2D eigenvalue weighted by Gasteiger charge is -2.44. The topological polar surface area (TPSA) is 207 Å².